The molecule has 1 fully saturated rings. The van der Waals surface area contributed by atoms with Gasteiger partial charge in [-0.25, -0.2) is 0 Å². The third-order valence-corrected chi connectivity index (χ3v) is 5.08. The van der Waals surface area contributed by atoms with E-state index in [-0.39, 0.29) is 23.6 Å². The molecule has 0 aromatic heterocycles. The molecule has 1 heterocycles. The molecule has 2 amide bonds. The lowest BCUT2D eigenvalue weighted by atomic mass is 10.1. The summed E-state index contributed by atoms with van der Waals surface area (Å²) < 4.78 is 0.489. The SMILES string of the molecule is CCC1SC(=S)N(CC(=O)Nc2ccc(C)cc2C)C1=O. The van der Waals surface area contributed by atoms with Gasteiger partial charge in [0.05, 0.1) is 5.25 Å². The zero-order valence-corrected chi connectivity index (χ0v) is 13.9. The third-order valence-electron chi connectivity index (χ3n) is 3.33. The van der Waals surface area contributed by atoms with Gasteiger partial charge in [0, 0.05) is 5.69 Å². The van der Waals surface area contributed by atoms with Crippen LogP contribution < -0.4 is 5.32 Å². The molecule has 1 atom stereocenters. The van der Waals surface area contributed by atoms with Gasteiger partial charge in [0.25, 0.3) is 0 Å². The number of aryl methyl sites for hydroxylation is 2. The summed E-state index contributed by atoms with van der Waals surface area (Å²) in [5.41, 5.74) is 2.91. The summed E-state index contributed by atoms with van der Waals surface area (Å²) in [6.45, 7) is 5.87. The van der Waals surface area contributed by atoms with E-state index in [4.69, 9.17) is 12.2 Å². The molecule has 1 aliphatic rings. The number of benzene rings is 1. The largest absolute Gasteiger partial charge is 0.324 e. The highest BCUT2D eigenvalue weighted by molar-refractivity contribution is 8.24. The van der Waals surface area contributed by atoms with Crippen molar-refractivity contribution in [1.82, 2.24) is 4.90 Å². The van der Waals surface area contributed by atoms with Gasteiger partial charge < -0.3 is 5.32 Å². The molecule has 112 valence electrons. The Morgan fingerprint density at radius 1 is 1.43 bits per heavy atom. The first kappa shape index (κ1) is 16.0. The Hall–Kier alpha value is -1.40. The topological polar surface area (TPSA) is 49.4 Å². The van der Waals surface area contributed by atoms with Crippen LogP contribution in [0.2, 0.25) is 0 Å². The smallest absolute Gasteiger partial charge is 0.244 e. The molecule has 21 heavy (non-hydrogen) atoms. The first-order chi connectivity index (χ1) is 9.92. The zero-order valence-electron chi connectivity index (χ0n) is 12.3. The van der Waals surface area contributed by atoms with Crippen molar-refractivity contribution in [3.63, 3.8) is 0 Å². The van der Waals surface area contributed by atoms with Crippen molar-refractivity contribution in [1.29, 1.82) is 0 Å². The minimum atomic E-state index is -0.227. The van der Waals surface area contributed by atoms with E-state index in [0.717, 1.165) is 23.2 Å². The number of thioether (sulfide) groups is 1. The molecular formula is C15H18N2O2S2. The van der Waals surface area contributed by atoms with Crippen molar-refractivity contribution < 1.29 is 9.59 Å². The molecule has 0 radical (unpaired) electrons. The van der Waals surface area contributed by atoms with Gasteiger partial charge >= 0.3 is 0 Å². The second-order valence-electron chi connectivity index (χ2n) is 5.07. The van der Waals surface area contributed by atoms with Crippen molar-refractivity contribution in [2.75, 3.05) is 11.9 Å². The average molecular weight is 322 g/mol. The van der Waals surface area contributed by atoms with Gasteiger partial charge in [-0.1, -0.05) is 48.6 Å². The number of rotatable bonds is 4. The van der Waals surface area contributed by atoms with E-state index in [1.165, 1.54) is 16.7 Å². The molecule has 0 aliphatic carbocycles. The van der Waals surface area contributed by atoms with Gasteiger partial charge in [-0.15, -0.1) is 0 Å². The summed E-state index contributed by atoms with van der Waals surface area (Å²) in [6, 6.07) is 5.82. The molecule has 0 bridgehead atoms. The fourth-order valence-electron chi connectivity index (χ4n) is 2.19. The van der Waals surface area contributed by atoms with Gasteiger partial charge in [0.1, 0.15) is 10.9 Å². The van der Waals surface area contributed by atoms with Crippen molar-refractivity contribution >= 4 is 45.8 Å². The molecule has 6 heteroatoms. The lowest BCUT2D eigenvalue weighted by Crippen LogP contribution is -2.38. The maximum atomic E-state index is 12.1. The monoisotopic (exact) mass is 322 g/mol. The maximum Gasteiger partial charge on any atom is 0.244 e. The molecule has 1 aromatic carbocycles. The summed E-state index contributed by atoms with van der Waals surface area (Å²) in [7, 11) is 0. The van der Waals surface area contributed by atoms with Crippen LogP contribution in [0.25, 0.3) is 0 Å². The molecular weight excluding hydrogens is 304 g/mol. The summed E-state index contributed by atoms with van der Waals surface area (Å²) >= 11 is 6.54. The van der Waals surface area contributed by atoms with Gasteiger partial charge in [-0.05, 0) is 31.9 Å². The number of thiocarbonyl (C=S) groups is 1. The van der Waals surface area contributed by atoms with E-state index >= 15 is 0 Å². The average Bonchev–Trinajstić information content (AvgIpc) is 2.69. The quantitative estimate of drug-likeness (QED) is 0.866. The zero-order chi connectivity index (χ0) is 15.6. The maximum absolute atomic E-state index is 12.1. The predicted molar refractivity (Wildman–Crippen MR) is 90.5 cm³/mol. The molecule has 1 aliphatic heterocycles. The first-order valence-electron chi connectivity index (χ1n) is 6.81. The van der Waals surface area contributed by atoms with E-state index in [2.05, 4.69) is 5.32 Å². The van der Waals surface area contributed by atoms with Crippen LogP contribution in [-0.4, -0.2) is 32.8 Å². The van der Waals surface area contributed by atoms with Crippen LogP contribution in [0.15, 0.2) is 18.2 Å². The van der Waals surface area contributed by atoms with Gasteiger partial charge in [-0.2, -0.15) is 0 Å². The van der Waals surface area contributed by atoms with Gasteiger partial charge in [-0.3, -0.25) is 14.5 Å². The number of nitrogens with zero attached hydrogens (tertiary/aromatic N) is 1. The Labute approximate surface area is 134 Å². The molecule has 0 saturated carbocycles. The van der Waals surface area contributed by atoms with E-state index in [9.17, 15) is 9.59 Å². The molecule has 2 rings (SSSR count). The minimum absolute atomic E-state index is 0.0194. The van der Waals surface area contributed by atoms with Crippen LogP contribution in [0.1, 0.15) is 24.5 Å². The first-order valence-corrected chi connectivity index (χ1v) is 8.10. The highest BCUT2D eigenvalue weighted by atomic mass is 32.2. The number of carbonyl (C=O) groups excluding carboxylic acids is 2. The highest BCUT2D eigenvalue weighted by Crippen LogP contribution is 2.29. The Balaban J connectivity index is 2.02. The highest BCUT2D eigenvalue weighted by Gasteiger charge is 2.36. The Morgan fingerprint density at radius 2 is 2.14 bits per heavy atom. The van der Waals surface area contributed by atoms with Crippen LogP contribution in [0.5, 0.6) is 0 Å². The van der Waals surface area contributed by atoms with Gasteiger partial charge in [0.15, 0.2) is 0 Å². The molecule has 1 unspecified atom stereocenters. The Kier molecular flexibility index (Phi) is 5.00. The van der Waals surface area contributed by atoms with Crippen LogP contribution in [0.3, 0.4) is 0 Å². The fraction of sp³-hybridized carbons (Fsp3) is 0.400. The summed E-state index contributed by atoms with van der Waals surface area (Å²) in [6.07, 6.45) is 0.721. The minimum Gasteiger partial charge on any atom is -0.324 e. The Bertz CT molecular complexity index is 601. The summed E-state index contributed by atoms with van der Waals surface area (Å²) in [5.74, 6) is -0.293. The predicted octanol–water partition coefficient (Wildman–Crippen LogP) is 2.88. The number of anilines is 1. The third kappa shape index (κ3) is 3.63. The van der Waals surface area contributed by atoms with Crippen LogP contribution >= 0.6 is 24.0 Å². The van der Waals surface area contributed by atoms with Crippen molar-refractivity contribution in [3.8, 4) is 0 Å². The van der Waals surface area contributed by atoms with Crippen LogP contribution in [-0.2, 0) is 9.59 Å². The fourth-order valence-corrected chi connectivity index (χ4v) is 3.61. The number of carbonyl (C=O) groups is 2. The van der Waals surface area contributed by atoms with Crippen molar-refractivity contribution in [2.24, 2.45) is 0 Å². The lowest BCUT2D eigenvalue weighted by Gasteiger charge is -2.16. The van der Waals surface area contributed by atoms with E-state index < -0.39 is 0 Å². The Morgan fingerprint density at radius 3 is 2.71 bits per heavy atom. The number of hydrogen-bond donors (Lipinski definition) is 1. The number of hydrogen-bond acceptors (Lipinski definition) is 4. The van der Waals surface area contributed by atoms with Crippen LogP contribution in [0.4, 0.5) is 5.69 Å². The lowest BCUT2D eigenvalue weighted by molar-refractivity contribution is -0.129. The summed E-state index contributed by atoms with van der Waals surface area (Å²) in [4.78, 5) is 25.6. The standard InChI is InChI=1S/C15H18N2O2S2/c1-4-12-14(19)17(15(20)21-12)8-13(18)16-11-6-5-9(2)7-10(11)3/h5-7,12H,4,8H2,1-3H3,(H,16,18). The number of amides is 2. The normalized spacial score (nSPS) is 18.2. The van der Waals surface area contributed by atoms with E-state index in [1.807, 2.05) is 39.0 Å². The summed E-state index contributed by atoms with van der Waals surface area (Å²) in [5, 5.41) is 2.69. The van der Waals surface area contributed by atoms with E-state index in [1.54, 1.807) is 0 Å². The van der Waals surface area contributed by atoms with Gasteiger partial charge in [0.2, 0.25) is 11.8 Å². The van der Waals surface area contributed by atoms with E-state index in [0.29, 0.717) is 4.32 Å². The van der Waals surface area contributed by atoms with Crippen molar-refractivity contribution in [3.05, 3.63) is 29.3 Å². The molecule has 4 nitrogen and oxygen atoms in total. The van der Waals surface area contributed by atoms with Crippen molar-refractivity contribution in [2.45, 2.75) is 32.4 Å². The second-order valence-corrected chi connectivity index (χ2v) is 6.91. The van der Waals surface area contributed by atoms with Crippen LogP contribution in [0, 0.1) is 13.8 Å². The molecule has 1 aromatic rings. The second kappa shape index (κ2) is 6.58. The molecule has 1 N–H and O–H groups in total. The molecule has 0 spiro atoms. The molecule has 1 saturated heterocycles. The number of nitrogens with one attached hydrogen (secondary N) is 1.